The van der Waals surface area contributed by atoms with Crippen LogP contribution in [0, 0.1) is 0 Å². The second kappa shape index (κ2) is 10.7. The number of hydrogen-bond donors (Lipinski definition) is 6. The van der Waals surface area contributed by atoms with Crippen molar-refractivity contribution in [3.8, 4) is 11.5 Å². The first-order chi connectivity index (χ1) is 24.1. The first kappa shape index (κ1) is 34.1. The molecule has 4 bridgehead atoms. The number of likely N-dealkylation sites (tertiary alicyclic amines) is 2. The van der Waals surface area contributed by atoms with E-state index < -0.39 is 55.7 Å². The van der Waals surface area contributed by atoms with Gasteiger partial charge in [-0.2, -0.15) is 8.42 Å². The maximum atomic E-state index is 12.6. The quantitative estimate of drug-likeness (QED) is 0.233. The zero-order chi connectivity index (χ0) is 36.1. The number of likely N-dealkylation sites (N-methyl/N-ethyl adjacent to an activating group) is 2. The molecule has 2 saturated carbocycles. The summed E-state index contributed by atoms with van der Waals surface area (Å²) >= 11 is 0. The van der Waals surface area contributed by atoms with Crippen LogP contribution >= 0.6 is 0 Å². The number of ketones is 1. The summed E-state index contributed by atoms with van der Waals surface area (Å²) in [6.07, 6.45) is 2.06. The lowest BCUT2D eigenvalue weighted by Crippen LogP contribution is -2.79. The molecule has 4 fully saturated rings. The summed E-state index contributed by atoms with van der Waals surface area (Å²) in [7, 11) is -0.440. The van der Waals surface area contributed by atoms with E-state index in [1.165, 1.54) is 0 Å². The minimum absolute atomic E-state index is 0.00216. The summed E-state index contributed by atoms with van der Waals surface area (Å²) in [5.74, 6) is 0.348. The van der Waals surface area contributed by atoms with E-state index in [1.54, 1.807) is 6.07 Å². The average Bonchev–Trinajstić information content (AvgIpc) is 3.63. The number of Topliss-reactive ketones (excluding diaryl/α,β-unsaturated/α-hetero) is 1. The number of carbonyl (C=O) groups excluding carboxylic acids is 1. The van der Waals surface area contributed by atoms with Crippen molar-refractivity contribution in [2.24, 2.45) is 0 Å². The molecule has 2 aromatic carbocycles. The highest BCUT2D eigenvalue weighted by Crippen LogP contribution is 2.67. The molecule has 0 radical (unpaired) electrons. The van der Waals surface area contributed by atoms with Crippen LogP contribution in [0.1, 0.15) is 71.9 Å². The summed E-state index contributed by atoms with van der Waals surface area (Å²) in [6, 6.07) is 7.49. The smallest absolute Gasteiger partial charge is 0.267 e. The van der Waals surface area contributed by atoms with E-state index in [2.05, 4.69) is 16.8 Å². The Labute approximate surface area is 296 Å². The van der Waals surface area contributed by atoms with E-state index in [4.69, 9.17) is 9.47 Å². The summed E-state index contributed by atoms with van der Waals surface area (Å²) < 4.78 is 45.2. The Morgan fingerprint density at radius 1 is 0.765 bits per heavy atom. The van der Waals surface area contributed by atoms with Gasteiger partial charge in [-0.05, 0) is 83.3 Å². The van der Waals surface area contributed by atoms with Crippen LogP contribution < -0.4 is 9.47 Å². The summed E-state index contributed by atoms with van der Waals surface area (Å²) in [5, 5.41) is 54.6. The van der Waals surface area contributed by atoms with Gasteiger partial charge >= 0.3 is 0 Å². The molecule has 10 rings (SSSR count). The van der Waals surface area contributed by atoms with Crippen molar-refractivity contribution in [2.75, 3.05) is 32.9 Å². The number of carbonyl (C=O) groups is 1. The first-order valence-electron chi connectivity index (χ1n) is 18.0. The Hall–Kier alpha value is -2.66. The molecule has 0 amide bonds. The first-order valence-corrected chi connectivity index (χ1v) is 19.6. The van der Waals surface area contributed by atoms with Crippen molar-refractivity contribution in [1.29, 1.82) is 0 Å². The van der Waals surface area contributed by atoms with Gasteiger partial charge in [0.1, 0.15) is 29.0 Å². The fraction of sp³-hybridized carbons (Fsp3) is 0.649. The molecule has 4 aliphatic heterocycles. The Bertz CT molecular complexity index is 1970. The minimum atomic E-state index is -4.47. The lowest BCUT2D eigenvalue weighted by atomic mass is 9.47. The van der Waals surface area contributed by atoms with E-state index in [9.17, 15) is 43.3 Å². The fourth-order valence-electron chi connectivity index (χ4n) is 12.2. The number of benzene rings is 2. The number of aliphatic hydroxyl groups is 5. The van der Waals surface area contributed by atoms with Crippen molar-refractivity contribution in [2.45, 2.75) is 117 Å². The highest BCUT2D eigenvalue weighted by Gasteiger charge is 2.76. The SMILES string of the molecule is CN1CCC23c4c5ccc(CO)c4O[C@H]2C(=O)CC[C@@]3(O)C1C5.CN1CCC23c4c5ccc(CO)c4O[C@H]2C(O)(CS(=O)(=O)O)CC[C@@]3(O)C1C5. The van der Waals surface area contributed by atoms with Crippen molar-refractivity contribution >= 4 is 15.9 Å². The van der Waals surface area contributed by atoms with Crippen molar-refractivity contribution in [1.82, 2.24) is 9.80 Å². The van der Waals surface area contributed by atoms with Crippen LogP contribution in [0.5, 0.6) is 11.5 Å². The highest BCUT2D eigenvalue weighted by atomic mass is 32.2. The molecule has 0 aromatic heterocycles. The zero-order valence-corrected chi connectivity index (χ0v) is 29.7. The van der Waals surface area contributed by atoms with E-state index >= 15 is 0 Å². The fourth-order valence-corrected chi connectivity index (χ4v) is 13.2. The van der Waals surface area contributed by atoms with Gasteiger partial charge in [-0.1, -0.05) is 24.3 Å². The number of rotatable bonds is 4. The van der Waals surface area contributed by atoms with Gasteiger partial charge in [0, 0.05) is 40.8 Å². The van der Waals surface area contributed by atoms with Gasteiger partial charge < -0.3 is 44.8 Å². The lowest BCUT2D eigenvalue weighted by molar-refractivity contribution is -0.227. The molecule has 8 aliphatic rings. The largest absolute Gasteiger partial charge is 0.486 e. The third kappa shape index (κ3) is 4.09. The van der Waals surface area contributed by atoms with Gasteiger partial charge in [-0.25, -0.2) is 0 Å². The minimum Gasteiger partial charge on any atom is -0.486 e. The topological polar surface area (TPSA) is 198 Å². The second-order valence-corrected chi connectivity index (χ2v) is 17.9. The molecule has 2 saturated heterocycles. The van der Waals surface area contributed by atoms with E-state index in [-0.39, 0.29) is 43.9 Å². The molecule has 2 aromatic rings. The lowest BCUT2D eigenvalue weighted by Gasteiger charge is -2.65. The number of piperidine rings is 2. The molecule has 9 atom stereocenters. The Morgan fingerprint density at radius 3 is 1.86 bits per heavy atom. The second-order valence-electron chi connectivity index (χ2n) is 16.5. The maximum absolute atomic E-state index is 12.6. The average molecular weight is 727 g/mol. The van der Waals surface area contributed by atoms with Crippen LogP contribution in [0.4, 0.5) is 0 Å². The van der Waals surface area contributed by atoms with E-state index in [1.807, 2.05) is 25.2 Å². The van der Waals surface area contributed by atoms with Crippen molar-refractivity contribution in [3.63, 3.8) is 0 Å². The highest BCUT2D eigenvalue weighted by molar-refractivity contribution is 7.85. The molecule has 5 unspecified atom stereocenters. The van der Waals surface area contributed by atoms with Gasteiger partial charge in [-0.3, -0.25) is 9.35 Å². The van der Waals surface area contributed by atoms with Crippen LogP contribution in [0.25, 0.3) is 0 Å². The molecule has 276 valence electrons. The molecule has 51 heavy (non-hydrogen) atoms. The van der Waals surface area contributed by atoms with Crippen molar-refractivity contribution in [3.05, 3.63) is 57.6 Å². The summed E-state index contributed by atoms with van der Waals surface area (Å²) in [6.45, 7) is 1.14. The number of ether oxygens (including phenoxy) is 2. The van der Waals surface area contributed by atoms with Crippen molar-refractivity contribution < 1.29 is 52.8 Å². The van der Waals surface area contributed by atoms with E-state index in [0.29, 0.717) is 49.3 Å². The number of aliphatic hydroxyl groups excluding tert-OH is 2. The predicted molar refractivity (Wildman–Crippen MR) is 181 cm³/mol. The third-order valence-electron chi connectivity index (χ3n) is 14.4. The molecule has 4 aliphatic carbocycles. The Balaban J connectivity index is 0.000000139. The van der Waals surface area contributed by atoms with Crippen LogP contribution in [0.15, 0.2) is 24.3 Å². The molecule has 14 heteroatoms. The Morgan fingerprint density at radius 2 is 1.29 bits per heavy atom. The monoisotopic (exact) mass is 726 g/mol. The molecule has 6 N–H and O–H groups in total. The number of hydrogen-bond acceptors (Lipinski definition) is 12. The van der Waals surface area contributed by atoms with Gasteiger partial charge in [-0.15, -0.1) is 0 Å². The van der Waals surface area contributed by atoms with Gasteiger partial charge in [0.2, 0.25) is 0 Å². The molecule has 4 heterocycles. The van der Waals surface area contributed by atoms with Gasteiger partial charge in [0.25, 0.3) is 10.1 Å². The summed E-state index contributed by atoms with van der Waals surface area (Å²) in [4.78, 5) is 17.0. The van der Waals surface area contributed by atoms with Gasteiger partial charge in [0.15, 0.2) is 11.9 Å². The maximum Gasteiger partial charge on any atom is 0.267 e. The number of nitrogens with zero attached hydrogens (tertiary/aromatic N) is 2. The molecule has 2 spiro atoms. The molecular weight excluding hydrogens is 680 g/mol. The normalized spacial score (nSPS) is 41.1. The summed E-state index contributed by atoms with van der Waals surface area (Å²) in [5.41, 5.74) is -0.324. The Kier molecular flexibility index (Phi) is 7.18. The van der Waals surface area contributed by atoms with E-state index in [0.717, 1.165) is 47.2 Å². The predicted octanol–water partition coefficient (Wildman–Crippen LogP) is 0.114. The zero-order valence-electron chi connectivity index (χ0n) is 28.8. The van der Waals surface area contributed by atoms with Gasteiger partial charge in [0.05, 0.1) is 35.2 Å². The molecular formula is C37H46N2O11S. The molecule has 13 nitrogen and oxygen atoms in total. The van der Waals surface area contributed by atoms with Crippen LogP contribution in [-0.2, 0) is 51.8 Å². The van der Waals surface area contributed by atoms with Crippen LogP contribution in [0.2, 0.25) is 0 Å². The van der Waals surface area contributed by atoms with Crippen LogP contribution in [0.3, 0.4) is 0 Å². The van der Waals surface area contributed by atoms with Crippen LogP contribution in [-0.4, -0.2) is 128 Å². The standard InChI is InChI=1S/C19H25NO7S.C18H21NO4/c1-20-7-6-18-14-11-2-3-12(9-21)15(14)27-16(18)17(22,10-28(24,25)26)4-5-19(18,23)13(20)8-11;1-19-7-6-17-14-10-2-3-11(9-20)15(14)23-16(17)12(21)4-5-18(17,22)13(19)8-10/h2-3,13,16,21-23H,4-10H2,1H3,(H,24,25,26);2-3,13,16,20,22H,4-9H2,1H3/t13?,16-,17?,18?,19+;13?,16-,17?,18+/m00/s1. The third-order valence-corrected chi connectivity index (χ3v) is 15.3.